The Labute approximate surface area is 192 Å². The summed E-state index contributed by atoms with van der Waals surface area (Å²) in [5, 5.41) is 20.6. The third-order valence-electron chi connectivity index (χ3n) is 5.82. The van der Waals surface area contributed by atoms with Gasteiger partial charge < -0.3 is 5.32 Å². The van der Waals surface area contributed by atoms with E-state index in [4.69, 9.17) is 11.6 Å². The molecule has 0 fully saturated rings. The van der Waals surface area contributed by atoms with Crippen LogP contribution in [0.3, 0.4) is 0 Å². The molecule has 0 aliphatic heterocycles. The van der Waals surface area contributed by atoms with Crippen molar-refractivity contribution in [3.8, 4) is 0 Å². The van der Waals surface area contributed by atoms with Crippen LogP contribution in [0, 0.1) is 11.7 Å². The number of hydrogen-bond donors (Lipinski definition) is 1. The molecule has 8 heteroatoms. The Morgan fingerprint density at radius 2 is 1.90 bits per heavy atom. The minimum atomic E-state index is -0.358. The summed E-state index contributed by atoms with van der Waals surface area (Å²) in [7, 11) is 3.87. The summed E-state index contributed by atoms with van der Waals surface area (Å²) < 4.78 is 14.2. The number of anilines is 1. The van der Waals surface area contributed by atoms with Crippen LogP contribution in [0.2, 0.25) is 5.02 Å². The molecular weight excluding hydrogens is 415 g/mol. The van der Waals surface area contributed by atoms with Crippen molar-refractivity contribution >= 4 is 23.5 Å². The monoisotopic (exact) mass is 452 g/mol. The Bertz CT molecular complexity index is 746. The van der Waals surface area contributed by atoms with Gasteiger partial charge in [-0.3, -0.25) is 10.0 Å². The second-order valence-corrected chi connectivity index (χ2v) is 8.40. The Morgan fingerprint density at radius 3 is 2.48 bits per heavy atom. The van der Waals surface area contributed by atoms with Crippen molar-refractivity contribution < 1.29 is 4.39 Å². The number of benzene rings is 1. The minimum Gasteiger partial charge on any atom is -0.375 e. The molecule has 1 aromatic carbocycles. The van der Waals surface area contributed by atoms with Gasteiger partial charge in [0.1, 0.15) is 5.82 Å². The summed E-state index contributed by atoms with van der Waals surface area (Å²) >= 11 is 6.19. The van der Waals surface area contributed by atoms with Crippen molar-refractivity contribution in [2.24, 2.45) is 21.4 Å². The average molecular weight is 453 g/mol. The van der Waals surface area contributed by atoms with Crippen LogP contribution < -0.4 is 5.32 Å². The van der Waals surface area contributed by atoms with Crippen molar-refractivity contribution in [3.05, 3.63) is 40.7 Å². The lowest BCUT2D eigenvalue weighted by Gasteiger charge is -2.29. The van der Waals surface area contributed by atoms with E-state index in [1.54, 1.807) is 18.3 Å². The highest BCUT2D eigenvalue weighted by atomic mass is 35.5. The average Bonchev–Trinajstić information content (AvgIpc) is 2.75. The molecule has 1 rings (SSSR count). The first kappa shape index (κ1) is 26.9. The number of para-hydroxylation sites is 1. The predicted octanol–water partition coefficient (Wildman–Crippen LogP) is 6.27. The van der Waals surface area contributed by atoms with Crippen molar-refractivity contribution in [3.63, 3.8) is 0 Å². The molecule has 0 heterocycles. The van der Waals surface area contributed by atoms with Gasteiger partial charge in [-0.15, -0.1) is 0 Å². The molecule has 0 saturated carbocycles. The van der Waals surface area contributed by atoms with E-state index in [9.17, 15) is 4.39 Å². The number of allylic oxidation sites excluding steroid dienone is 1. The summed E-state index contributed by atoms with van der Waals surface area (Å²) in [5.41, 5.74) is 1.44. The van der Waals surface area contributed by atoms with E-state index < -0.39 is 0 Å². The lowest BCUT2D eigenvalue weighted by atomic mass is 9.96. The molecule has 174 valence electrons. The highest BCUT2D eigenvalue weighted by Crippen LogP contribution is 2.27. The predicted molar refractivity (Wildman–Crippen MR) is 130 cm³/mol. The van der Waals surface area contributed by atoms with Gasteiger partial charge in [0.15, 0.2) is 0 Å². The first-order valence-electron chi connectivity index (χ1n) is 10.8. The number of hydrazone groups is 1. The summed E-state index contributed by atoms with van der Waals surface area (Å²) in [5.74, 6) is -0.0718. The van der Waals surface area contributed by atoms with Gasteiger partial charge in [0.2, 0.25) is 0 Å². The molecule has 0 aliphatic rings. The van der Waals surface area contributed by atoms with Crippen LogP contribution in [0.5, 0.6) is 0 Å². The number of nitrogens with one attached hydrogen (secondary N) is 1. The molecule has 0 radical (unpaired) electrons. The maximum Gasteiger partial charge on any atom is 0.147 e. The quantitative estimate of drug-likeness (QED) is 0.176. The summed E-state index contributed by atoms with van der Waals surface area (Å²) in [6, 6.07) is 4.92. The highest BCUT2D eigenvalue weighted by molar-refractivity contribution is 6.33. The second kappa shape index (κ2) is 13.3. The van der Waals surface area contributed by atoms with E-state index in [0.29, 0.717) is 17.3 Å². The van der Waals surface area contributed by atoms with Crippen LogP contribution in [0.15, 0.2) is 45.3 Å². The third kappa shape index (κ3) is 8.48. The highest BCUT2D eigenvalue weighted by Gasteiger charge is 2.22. The Morgan fingerprint density at radius 1 is 1.23 bits per heavy atom. The van der Waals surface area contributed by atoms with Gasteiger partial charge >= 0.3 is 0 Å². The molecular formula is C23H38ClFN6. The SMILES string of the molecule is C/C=N\N(C)[C@@H](C)[C@H](C)C(C)/N=N\N(C)CCC(Nc1c(F)cccc1Cl)/C(C)=C/C. The molecule has 4 atom stereocenters. The fraction of sp³-hybridized carbons (Fsp3) is 0.609. The molecule has 0 aromatic heterocycles. The molecule has 0 amide bonds. The number of hydrogen-bond acceptors (Lipinski definition) is 5. The number of nitrogens with zero attached hydrogens (tertiary/aromatic N) is 5. The molecule has 31 heavy (non-hydrogen) atoms. The van der Waals surface area contributed by atoms with Gasteiger partial charge in [-0.25, -0.2) is 4.39 Å². The molecule has 1 aromatic rings. The van der Waals surface area contributed by atoms with Crippen LogP contribution >= 0.6 is 11.6 Å². The van der Waals surface area contributed by atoms with Crippen LogP contribution in [-0.4, -0.2) is 55.0 Å². The van der Waals surface area contributed by atoms with Crippen LogP contribution in [-0.2, 0) is 0 Å². The summed E-state index contributed by atoms with van der Waals surface area (Å²) in [6.45, 7) is 12.9. The maximum absolute atomic E-state index is 14.2. The Kier molecular flexibility index (Phi) is 11.5. The fourth-order valence-corrected chi connectivity index (χ4v) is 3.31. The fourth-order valence-electron chi connectivity index (χ4n) is 3.09. The van der Waals surface area contributed by atoms with Gasteiger partial charge in [0.05, 0.1) is 16.8 Å². The van der Waals surface area contributed by atoms with E-state index in [2.05, 4.69) is 41.5 Å². The zero-order valence-electron chi connectivity index (χ0n) is 20.1. The standard InChI is InChI=1S/C23H38ClFN6/c1-9-16(3)22(27-23-20(24)12-11-13-21(23)25)14-15-30(7)29-28-18(5)17(4)19(6)31(8)26-10-2/h9-13,17-19,22,27H,14-15H2,1-8H3/b16-9+,26-10-,29-28-/t17-,18?,19+,22?/m1/s1. The van der Waals surface area contributed by atoms with Gasteiger partial charge in [-0.1, -0.05) is 41.5 Å². The van der Waals surface area contributed by atoms with E-state index in [0.717, 1.165) is 12.0 Å². The molecule has 0 aliphatic carbocycles. The zero-order chi connectivity index (χ0) is 23.6. The minimum absolute atomic E-state index is 0.0513. The molecule has 2 unspecified atom stereocenters. The first-order valence-corrected chi connectivity index (χ1v) is 11.2. The first-order chi connectivity index (χ1) is 14.6. The van der Waals surface area contributed by atoms with Gasteiger partial charge in [-0.05, 0) is 53.2 Å². The van der Waals surface area contributed by atoms with Gasteiger partial charge in [-0.2, -0.15) is 10.2 Å². The van der Waals surface area contributed by atoms with Gasteiger partial charge in [0, 0.05) is 44.9 Å². The van der Waals surface area contributed by atoms with Crippen molar-refractivity contribution in [1.82, 2.24) is 10.0 Å². The maximum atomic E-state index is 14.2. The molecule has 6 nitrogen and oxygen atoms in total. The van der Waals surface area contributed by atoms with Crippen LogP contribution in [0.4, 0.5) is 10.1 Å². The van der Waals surface area contributed by atoms with Crippen molar-refractivity contribution in [2.45, 2.75) is 66.1 Å². The molecule has 0 spiro atoms. The van der Waals surface area contributed by atoms with Crippen LogP contribution in [0.25, 0.3) is 0 Å². The number of rotatable bonds is 12. The normalized spacial score (nSPS) is 16.4. The lowest BCUT2D eigenvalue weighted by Crippen LogP contribution is -2.35. The van der Waals surface area contributed by atoms with Crippen molar-refractivity contribution in [1.29, 1.82) is 0 Å². The summed E-state index contributed by atoms with van der Waals surface area (Å²) in [4.78, 5) is 0. The molecule has 0 bridgehead atoms. The number of halogens is 2. The lowest BCUT2D eigenvalue weighted by molar-refractivity contribution is 0.185. The smallest absolute Gasteiger partial charge is 0.147 e. The van der Waals surface area contributed by atoms with E-state index >= 15 is 0 Å². The second-order valence-electron chi connectivity index (χ2n) is 7.99. The van der Waals surface area contributed by atoms with E-state index in [1.807, 2.05) is 51.0 Å². The van der Waals surface area contributed by atoms with Crippen molar-refractivity contribution in [2.75, 3.05) is 26.0 Å². The topological polar surface area (TPSA) is 55.6 Å². The Balaban J connectivity index is 2.72. The summed E-state index contributed by atoms with van der Waals surface area (Å²) in [6.07, 6.45) is 4.54. The third-order valence-corrected chi connectivity index (χ3v) is 6.14. The largest absolute Gasteiger partial charge is 0.375 e. The molecule has 1 N–H and O–H groups in total. The molecule has 0 saturated heterocycles. The zero-order valence-corrected chi connectivity index (χ0v) is 20.9. The van der Waals surface area contributed by atoms with E-state index in [1.165, 1.54) is 6.07 Å². The van der Waals surface area contributed by atoms with Crippen LogP contribution in [0.1, 0.15) is 48.0 Å². The van der Waals surface area contributed by atoms with E-state index in [-0.39, 0.29) is 29.9 Å². The van der Waals surface area contributed by atoms with Gasteiger partial charge in [0.25, 0.3) is 0 Å². The Hall–Kier alpha value is -2.15.